The van der Waals surface area contributed by atoms with Crippen molar-refractivity contribution in [2.75, 3.05) is 18.0 Å². The van der Waals surface area contributed by atoms with Crippen molar-refractivity contribution in [3.63, 3.8) is 0 Å². The number of nitrogens with one attached hydrogen (secondary N) is 1. The maximum atomic E-state index is 13.2. The van der Waals surface area contributed by atoms with E-state index >= 15 is 0 Å². The second-order valence-corrected chi connectivity index (χ2v) is 9.05. The van der Waals surface area contributed by atoms with Crippen LogP contribution < -0.4 is 10.2 Å². The number of benzene rings is 2. The molecule has 1 aliphatic carbocycles. The van der Waals surface area contributed by atoms with Crippen LogP contribution in [0.1, 0.15) is 59.6 Å². The first-order valence-corrected chi connectivity index (χ1v) is 12.0. The van der Waals surface area contributed by atoms with E-state index in [1.54, 1.807) is 24.4 Å². The van der Waals surface area contributed by atoms with Crippen molar-refractivity contribution < 1.29 is 9.72 Å². The van der Waals surface area contributed by atoms with Crippen LogP contribution in [0.3, 0.4) is 0 Å². The molecule has 1 N–H and O–H groups in total. The molecule has 1 amide bonds. The zero-order valence-corrected chi connectivity index (χ0v) is 19.1. The SMILES string of the molecule is O=C(NC1CCCc2ccccc21)c1ccnc(-c2cc(N3CCCCC3)ccc2[N+](=O)[O-])c1. The molecular formula is C27H28N4O3. The van der Waals surface area contributed by atoms with E-state index in [2.05, 4.69) is 27.3 Å². The maximum Gasteiger partial charge on any atom is 0.278 e. The Kier molecular flexibility index (Phi) is 6.25. The minimum absolute atomic E-state index is 0.00738. The summed E-state index contributed by atoms with van der Waals surface area (Å²) in [7, 11) is 0. The summed E-state index contributed by atoms with van der Waals surface area (Å²) in [6.07, 6.45) is 7.94. The number of carbonyl (C=O) groups excluding carboxylic acids is 1. The lowest BCUT2D eigenvalue weighted by molar-refractivity contribution is -0.384. The number of fused-ring (bicyclic) bond motifs is 1. The van der Waals surface area contributed by atoms with Gasteiger partial charge in [0.15, 0.2) is 0 Å². The number of hydrogen-bond acceptors (Lipinski definition) is 5. The monoisotopic (exact) mass is 456 g/mol. The largest absolute Gasteiger partial charge is 0.372 e. The van der Waals surface area contributed by atoms with Gasteiger partial charge in [0.1, 0.15) is 0 Å². The highest BCUT2D eigenvalue weighted by molar-refractivity contribution is 5.95. The summed E-state index contributed by atoms with van der Waals surface area (Å²) in [6.45, 7) is 1.88. The number of nitrogens with zero attached hydrogens (tertiary/aromatic N) is 3. The molecule has 7 nitrogen and oxygen atoms in total. The van der Waals surface area contributed by atoms with E-state index < -0.39 is 0 Å². The van der Waals surface area contributed by atoms with Crippen molar-refractivity contribution in [1.82, 2.24) is 10.3 Å². The highest BCUT2D eigenvalue weighted by atomic mass is 16.6. The normalized spacial score (nSPS) is 17.6. The number of hydrogen-bond donors (Lipinski definition) is 1. The van der Waals surface area contributed by atoms with Crippen LogP contribution in [0, 0.1) is 10.1 Å². The molecule has 1 fully saturated rings. The van der Waals surface area contributed by atoms with Crippen LogP contribution >= 0.6 is 0 Å². The molecule has 2 aromatic carbocycles. The second kappa shape index (κ2) is 9.63. The minimum atomic E-state index is -0.386. The summed E-state index contributed by atoms with van der Waals surface area (Å²) in [5, 5.41) is 14.9. The number of aryl methyl sites for hydroxylation is 1. The van der Waals surface area contributed by atoms with Gasteiger partial charge in [-0.2, -0.15) is 0 Å². The third kappa shape index (κ3) is 4.51. The van der Waals surface area contributed by atoms with Crippen molar-refractivity contribution in [3.05, 3.63) is 87.6 Å². The number of aromatic nitrogens is 1. The number of nitro groups is 1. The highest BCUT2D eigenvalue weighted by Crippen LogP contribution is 2.34. The number of anilines is 1. The van der Waals surface area contributed by atoms with Gasteiger partial charge < -0.3 is 10.2 Å². The Bertz CT molecular complexity index is 1220. The van der Waals surface area contributed by atoms with Crippen LogP contribution in [0.15, 0.2) is 60.8 Å². The number of amides is 1. The Morgan fingerprint density at radius 3 is 2.68 bits per heavy atom. The molecule has 5 rings (SSSR count). The fraction of sp³-hybridized carbons (Fsp3) is 0.333. The van der Waals surface area contributed by atoms with E-state index in [1.807, 2.05) is 24.3 Å². The standard InChI is InChI=1S/C27H28N4O3/c32-27(29-24-10-6-8-19-7-2-3-9-22(19)24)20-13-14-28-25(17-20)23-18-21(11-12-26(23)31(33)34)30-15-4-1-5-16-30/h2-3,7,9,11-14,17-18,24H,1,4-6,8,10,15-16H2,(H,29,32). The number of nitro benzene ring substituents is 1. The Labute approximate surface area is 199 Å². The first-order chi connectivity index (χ1) is 16.6. The smallest absolute Gasteiger partial charge is 0.278 e. The molecule has 2 aliphatic rings. The van der Waals surface area contributed by atoms with Crippen LogP contribution in [-0.4, -0.2) is 28.9 Å². The fourth-order valence-corrected chi connectivity index (χ4v) is 5.10. The second-order valence-electron chi connectivity index (χ2n) is 9.05. The molecule has 1 saturated heterocycles. The molecule has 0 saturated carbocycles. The number of carbonyl (C=O) groups is 1. The summed E-state index contributed by atoms with van der Waals surface area (Å²) < 4.78 is 0. The maximum absolute atomic E-state index is 13.2. The summed E-state index contributed by atoms with van der Waals surface area (Å²) >= 11 is 0. The van der Waals surface area contributed by atoms with Gasteiger partial charge >= 0.3 is 0 Å². The van der Waals surface area contributed by atoms with E-state index in [4.69, 9.17) is 0 Å². The lowest BCUT2D eigenvalue weighted by Crippen LogP contribution is -2.31. The molecule has 1 aromatic heterocycles. The average Bonchev–Trinajstić information content (AvgIpc) is 2.89. The van der Waals surface area contributed by atoms with Crippen LogP contribution in [0.5, 0.6) is 0 Å². The fourth-order valence-electron chi connectivity index (χ4n) is 5.10. The average molecular weight is 457 g/mol. The van der Waals surface area contributed by atoms with Gasteiger partial charge in [0, 0.05) is 36.6 Å². The Morgan fingerprint density at radius 2 is 1.85 bits per heavy atom. The summed E-state index contributed by atoms with van der Waals surface area (Å²) in [5.74, 6) is -0.194. The molecular weight excluding hydrogens is 428 g/mol. The third-order valence-electron chi connectivity index (χ3n) is 6.87. The third-order valence-corrected chi connectivity index (χ3v) is 6.87. The molecule has 3 aromatic rings. The predicted molar refractivity (Wildman–Crippen MR) is 132 cm³/mol. The van der Waals surface area contributed by atoms with E-state index in [0.29, 0.717) is 16.8 Å². The quantitative estimate of drug-likeness (QED) is 0.407. The van der Waals surface area contributed by atoms with Gasteiger partial charge in [-0.3, -0.25) is 19.9 Å². The topological polar surface area (TPSA) is 88.4 Å². The van der Waals surface area contributed by atoms with Crippen LogP contribution in [0.25, 0.3) is 11.3 Å². The van der Waals surface area contributed by atoms with Crippen LogP contribution in [0.2, 0.25) is 0 Å². The zero-order valence-electron chi connectivity index (χ0n) is 19.1. The minimum Gasteiger partial charge on any atom is -0.372 e. The van der Waals surface area contributed by atoms with E-state index in [-0.39, 0.29) is 22.6 Å². The molecule has 2 heterocycles. The molecule has 7 heteroatoms. The molecule has 1 aliphatic heterocycles. The summed E-state index contributed by atoms with van der Waals surface area (Å²) in [5.41, 5.74) is 4.71. The van der Waals surface area contributed by atoms with Gasteiger partial charge in [0.2, 0.25) is 0 Å². The Morgan fingerprint density at radius 1 is 1.03 bits per heavy atom. The Balaban J connectivity index is 1.44. The number of pyridine rings is 1. The molecule has 1 atom stereocenters. The van der Waals surface area contributed by atoms with Gasteiger partial charge in [-0.05, 0) is 73.9 Å². The van der Waals surface area contributed by atoms with Crippen molar-refractivity contribution in [3.8, 4) is 11.3 Å². The zero-order chi connectivity index (χ0) is 23.5. The molecule has 174 valence electrons. The first kappa shape index (κ1) is 22.1. The Hall–Kier alpha value is -3.74. The van der Waals surface area contributed by atoms with Crippen LogP contribution in [0.4, 0.5) is 11.4 Å². The molecule has 0 radical (unpaired) electrons. The van der Waals surface area contributed by atoms with Gasteiger partial charge in [0.05, 0.1) is 22.2 Å². The molecule has 0 bridgehead atoms. The van der Waals surface area contributed by atoms with Crippen molar-refractivity contribution >= 4 is 17.3 Å². The lowest BCUT2D eigenvalue weighted by Gasteiger charge is -2.29. The highest BCUT2D eigenvalue weighted by Gasteiger charge is 2.24. The molecule has 34 heavy (non-hydrogen) atoms. The first-order valence-electron chi connectivity index (χ1n) is 12.0. The number of rotatable bonds is 5. The van der Waals surface area contributed by atoms with Crippen molar-refractivity contribution in [2.24, 2.45) is 0 Å². The van der Waals surface area contributed by atoms with E-state index in [0.717, 1.165) is 50.9 Å². The summed E-state index contributed by atoms with van der Waals surface area (Å²) in [4.78, 5) is 31.2. The van der Waals surface area contributed by atoms with Gasteiger partial charge in [-0.15, -0.1) is 0 Å². The van der Waals surface area contributed by atoms with E-state index in [1.165, 1.54) is 17.5 Å². The predicted octanol–water partition coefficient (Wildman–Crippen LogP) is 5.45. The van der Waals surface area contributed by atoms with Gasteiger partial charge in [-0.25, -0.2) is 0 Å². The number of piperidine rings is 1. The van der Waals surface area contributed by atoms with Crippen LogP contribution in [-0.2, 0) is 6.42 Å². The van der Waals surface area contributed by atoms with Gasteiger partial charge in [-0.1, -0.05) is 24.3 Å². The van der Waals surface area contributed by atoms with Gasteiger partial charge in [0.25, 0.3) is 11.6 Å². The van der Waals surface area contributed by atoms with Crippen molar-refractivity contribution in [2.45, 2.75) is 44.6 Å². The van der Waals surface area contributed by atoms with E-state index in [9.17, 15) is 14.9 Å². The molecule has 0 spiro atoms. The lowest BCUT2D eigenvalue weighted by atomic mass is 9.87. The van der Waals surface area contributed by atoms with Crippen molar-refractivity contribution in [1.29, 1.82) is 0 Å². The molecule has 1 unspecified atom stereocenters. The summed E-state index contributed by atoms with van der Waals surface area (Å²) in [6, 6.07) is 16.7.